The molecule has 0 spiro atoms. The van der Waals surface area contributed by atoms with E-state index in [1.807, 2.05) is 0 Å². The lowest BCUT2D eigenvalue weighted by Crippen LogP contribution is -2.36. The van der Waals surface area contributed by atoms with Crippen molar-refractivity contribution >= 4 is 24.8 Å². The number of aliphatic hydroxyl groups excluding tert-OH is 2. The van der Waals surface area contributed by atoms with Crippen LogP contribution in [0.1, 0.15) is 33.1 Å². The Morgan fingerprint density at radius 3 is 1.39 bits per heavy atom. The predicted molar refractivity (Wildman–Crippen MR) is 81.1 cm³/mol. The lowest BCUT2D eigenvalue weighted by atomic mass is 10.2. The number of hydrogen-bond acceptors (Lipinski definition) is 4. The molecule has 0 aliphatic rings. The van der Waals surface area contributed by atoms with Gasteiger partial charge in [-0.05, 0) is 32.4 Å². The highest BCUT2D eigenvalue weighted by atomic mass is 35.5. The summed E-state index contributed by atoms with van der Waals surface area (Å²) in [4.78, 5) is 0. The van der Waals surface area contributed by atoms with Crippen LogP contribution in [0.5, 0.6) is 0 Å². The molecule has 2 atom stereocenters. The molecule has 0 aliphatic carbocycles. The molecule has 5 nitrogen and oxygen atoms in total. The van der Waals surface area contributed by atoms with Gasteiger partial charge in [-0.25, -0.2) is 0 Å². The molecule has 0 fully saturated rings. The zero-order valence-corrected chi connectivity index (χ0v) is 12.9. The highest BCUT2D eigenvalue weighted by Gasteiger charge is 2.04. The number of halogens is 2. The fraction of sp³-hybridized carbons (Fsp3) is 1.00. The molecular weight excluding hydrogens is 279 g/mol. The van der Waals surface area contributed by atoms with Crippen LogP contribution < -0.4 is 10.6 Å². The molecule has 0 rings (SSSR count). The van der Waals surface area contributed by atoms with E-state index in [4.69, 9.17) is 10.2 Å². The molecule has 0 aliphatic heterocycles. The van der Waals surface area contributed by atoms with Crippen molar-refractivity contribution in [3.8, 4) is 0 Å². The summed E-state index contributed by atoms with van der Waals surface area (Å²) in [5, 5.41) is 24.4. The van der Waals surface area contributed by atoms with E-state index in [0.717, 1.165) is 32.4 Å². The maximum atomic E-state index is 8.94. The normalized spacial score (nSPS) is 12.7. The summed E-state index contributed by atoms with van der Waals surface area (Å²) in [5.41, 5.74) is 0. The van der Waals surface area contributed by atoms with Gasteiger partial charge in [0.05, 0.1) is 13.2 Å². The monoisotopic (exact) mass is 308 g/mol. The van der Waals surface area contributed by atoms with E-state index in [0.29, 0.717) is 0 Å². The Bertz CT molecular complexity index is 123. The molecule has 0 heterocycles. The van der Waals surface area contributed by atoms with Crippen LogP contribution in [0.25, 0.3) is 0 Å². The molecule has 18 heavy (non-hydrogen) atoms. The van der Waals surface area contributed by atoms with Gasteiger partial charge in [0.25, 0.3) is 0 Å². The molecule has 0 radical (unpaired) electrons. The van der Waals surface area contributed by atoms with E-state index in [1.165, 1.54) is 0 Å². The second-order valence-electron chi connectivity index (χ2n) is 3.84. The molecule has 0 saturated carbocycles. The van der Waals surface area contributed by atoms with Gasteiger partial charge in [-0.15, -0.1) is 24.8 Å². The Morgan fingerprint density at radius 2 is 1.17 bits per heavy atom. The fourth-order valence-corrected chi connectivity index (χ4v) is 1.38. The smallest absolute Gasteiger partial charge is 0.0584 e. The van der Waals surface area contributed by atoms with Crippen molar-refractivity contribution in [1.29, 1.82) is 0 Å². The fourth-order valence-electron chi connectivity index (χ4n) is 1.38. The van der Waals surface area contributed by atoms with Crippen molar-refractivity contribution in [1.82, 2.24) is 10.6 Å². The molecule has 0 aromatic heterocycles. The Hall–Kier alpha value is 0.380. The van der Waals surface area contributed by atoms with Gasteiger partial charge in [0.15, 0.2) is 0 Å². The molecule has 0 amide bonds. The van der Waals surface area contributed by atoms with Gasteiger partial charge in [0.2, 0.25) is 0 Å². The second-order valence-corrected chi connectivity index (χ2v) is 3.84. The maximum Gasteiger partial charge on any atom is 0.0584 e. The third-order valence-electron chi connectivity index (χ3n) is 2.65. The minimum absolute atomic E-state index is 0. The second kappa shape index (κ2) is 19.7. The summed E-state index contributed by atoms with van der Waals surface area (Å²) in [7, 11) is 0. The molecule has 0 unspecified atom stereocenters. The number of nitrogens with one attached hydrogen (secondary N) is 2. The molecule has 7 heteroatoms. The summed E-state index contributed by atoms with van der Waals surface area (Å²) in [6.45, 7) is 6.36. The molecule has 116 valence electrons. The molecular formula is C11H30Cl2N2O3. The Labute approximate surface area is 123 Å². The summed E-state index contributed by atoms with van der Waals surface area (Å²) in [6.07, 6.45) is 2.93. The van der Waals surface area contributed by atoms with Crippen molar-refractivity contribution in [2.75, 3.05) is 26.3 Å². The van der Waals surface area contributed by atoms with Crippen molar-refractivity contribution < 1.29 is 15.7 Å². The van der Waals surface area contributed by atoms with Crippen LogP contribution in [0.2, 0.25) is 0 Å². The van der Waals surface area contributed by atoms with Crippen molar-refractivity contribution in [2.24, 2.45) is 0 Å². The van der Waals surface area contributed by atoms with E-state index in [2.05, 4.69) is 24.5 Å². The molecule has 0 saturated heterocycles. The highest BCUT2D eigenvalue weighted by Crippen LogP contribution is 1.91. The number of hydrogen-bond donors (Lipinski definition) is 4. The first-order valence-electron chi connectivity index (χ1n) is 5.96. The van der Waals surface area contributed by atoms with Crippen LogP contribution in [0.15, 0.2) is 0 Å². The average Bonchev–Trinajstić information content (AvgIpc) is 2.29. The van der Waals surface area contributed by atoms with Crippen LogP contribution in [-0.2, 0) is 0 Å². The van der Waals surface area contributed by atoms with Gasteiger partial charge >= 0.3 is 0 Å². The largest absolute Gasteiger partial charge is 0.412 e. The summed E-state index contributed by atoms with van der Waals surface area (Å²) in [6, 6.07) is 0.453. The SMILES string of the molecule is CC[C@H](CO)NCCCN[C@@H](CC)CO.Cl.Cl.O. The minimum atomic E-state index is 0. The number of aliphatic hydroxyl groups is 2. The van der Waals surface area contributed by atoms with Gasteiger partial charge in [-0.1, -0.05) is 13.8 Å². The summed E-state index contributed by atoms with van der Waals surface area (Å²) < 4.78 is 0. The van der Waals surface area contributed by atoms with Crippen LogP contribution in [-0.4, -0.2) is 54.1 Å². The maximum absolute atomic E-state index is 8.94. The Kier molecular flexibility index (Phi) is 29.4. The Balaban J connectivity index is -0.000000327. The lowest BCUT2D eigenvalue weighted by Gasteiger charge is -2.16. The standard InChI is InChI=1S/C11H26N2O2.2ClH.H2O/c1-3-10(8-14)12-6-5-7-13-11(4-2)9-15;;;/h10-15H,3-9H2,1-2H3;2*1H;1H2/t10-,11+;;;. The van der Waals surface area contributed by atoms with Crippen molar-refractivity contribution in [3.05, 3.63) is 0 Å². The van der Waals surface area contributed by atoms with E-state index in [9.17, 15) is 0 Å². The van der Waals surface area contributed by atoms with Crippen molar-refractivity contribution in [3.63, 3.8) is 0 Å². The highest BCUT2D eigenvalue weighted by molar-refractivity contribution is 5.85. The van der Waals surface area contributed by atoms with E-state index in [-0.39, 0.29) is 55.6 Å². The van der Waals surface area contributed by atoms with Gasteiger partial charge in [-0.3, -0.25) is 0 Å². The van der Waals surface area contributed by atoms with Crippen molar-refractivity contribution in [2.45, 2.75) is 45.2 Å². The number of rotatable bonds is 10. The summed E-state index contributed by atoms with van der Waals surface area (Å²) in [5.74, 6) is 0. The first kappa shape index (κ1) is 26.8. The third-order valence-corrected chi connectivity index (χ3v) is 2.65. The molecule has 6 N–H and O–H groups in total. The van der Waals surface area contributed by atoms with E-state index in [1.54, 1.807) is 0 Å². The van der Waals surface area contributed by atoms with E-state index < -0.39 is 0 Å². The lowest BCUT2D eigenvalue weighted by molar-refractivity contribution is 0.233. The van der Waals surface area contributed by atoms with Gasteiger partial charge in [-0.2, -0.15) is 0 Å². The zero-order chi connectivity index (χ0) is 11.5. The molecule has 0 aromatic rings. The van der Waals surface area contributed by atoms with Gasteiger partial charge < -0.3 is 26.3 Å². The van der Waals surface area contributed by atoms with Crippen LogP contribution in [0.4, 0.5) is 0 Å². The quantitative estimate of drug-likeness (QED) is 0.431. The molecule has 0 aromatic carbocycles. The third kappa shape index (κ3) is 14.4. The first-order valence-corrected chi connectivity index (χ1v) is 5.96. The molecule has 0 bridgehead atoms. The van der Waals surface area contributed by atoms with E-state index >= 15 is 0 Å². The average molecular weight is 309 g/mol. The van der Waals surface area contributed by atoms with Gasteiger partial charge in [0.1, 0.15) is 0 Å². The van der Waals surface area contributed by atoms with Crippen LogP contribution in [0, 0.1) is 0 Å². The zero-order valence-electron chi connectivity index (χ0n) is 11.3. The van der Waals surface area contributed by atoms with Crippen LogP contribution >= 0.6 is 24.8 Å². The topological polar surface area (TPSA) is 96.0 Å². The van der Waals surface area contributed by atoms with Crippen LogP contribution in [0.3, 0.4) is 0 Å². The summed E-state index contributed by atoms with van der Waals surface area (Å²) >= 11 is 0. The van der Waals surface area contributed by atoms with Gasteiger partial charge in [0, 0.05) is 12.1 Å². The predicted octanol–water partition coefficient (Wildman–Crippen LogP) is 0.116. The minimum Gasteiger partial charge on any atom is -0.412 e. The first-order chi connectivity index (χ1) is 7.28. The Morgan fingerprint density at radius 1 is 0.833 bits per heavy atom.